The van der Waals surface area contributed by atoms with E-state index in [1.165, 1.54) is 11.4 Å². The Hall–Kier alpha value is -0.500. The quantitative estimate of drug-likeness (QED) is 0.709. The molecule has 1 rings (SSSR count). The maximum absolute atomic E-state index is 5.98. The molecule has 0 amide bonds. The van der Waals surface area contributed by atoms with E-state index in [2.05, 4.69) is 31.9 Å². The third kappa shape index (κ3) is 3.23. The number of rotatable bonds is 5. The van der Waals surface area contributed by atoms with E-state index in [9.17, 15) is 0 Å². The molecule has 3 heteroatoms. The Kier molecular flexibility index (Phi) is 4.65. The van der Waals surface area contributed by atoms with Crippen LogP contribution in [0.2, 0.25) is 0 Å². The van der Waals surface area contributed by atoms with Crippen molar-refractivity contribution in [1.82, 2.24) is 9.78 Å². The summed E-state index contributed by atoms with van der Waals surface area (Å²) in [6.07, 6.45) is 2.03. The Morgan fingerprint density at radius 1 is 1.47 bits per heavy atom. The Balaban J connectivity index is 2.74. The highest BCUT2D eigenvalue weighted by Crippen LogP contribution is 2.19. The zero-order valence-electron chi connectivity index (χ0n) is 10.1. The van der Waals surface area contributed by atoms with E-state index in [1.54, 1.807) is 0 Å². The van der Waals surface area contributed by atoms with Gasteiger partial charge in [-0.15, -0.1) is 11.6 Å². The third-order valence-electron chi connectivity index (χ3n) is 3.00. The number of aromatic nitrogens is 2. The molecule has 0 bridgehead atoms. The smallest absolute Gasteiger partial charge is 0.0624 e. The molecule has 1 aromatic heterocycles. The molecule has 2 nitrogen and oxygen atoms in total. The van der Waals surface area contributed by atoms with Gasteiger partial charge in [-0.05, 0) is 30.7 Å². The zero-order chi connectivity index (χ0) is 11.4. The molecule has 86 valence electrons. The molecule has 0 saturated heterocycles. The van der Waals surface area contributed by atoms with Gasteiger partial charge in [0, 0.05) is 18.6 Å². The van der Waals surface area contributed by atoms with Gasteiger partial charge in [0.2, 0.25) is 0 Å². The number of hydrogen-bond donors (Lipinski definition) is 0. The Labute approximate surface area is 97.6 Å². The zero-order valence-corrected chi connectivity index (χ0v) is 10.9. The van der Waals surface area contributed by atoms with Gasteiger partial charge in [-0.1, -0.05) is 20.8 Å². The minimum atomic E-state index is 0.548. The largest absolute Gasteiger partial charge is 0.272 e. The van der Waals surface area contributed by atoms with E-state index >= 15 is 0 Å². The van der Waals surface area contributed by atoms with Crippen molar-refractivity contribution in [3.8, 4) is 0 Å². The lowest BCUT2D eigenvalue weighted by Crippen LogP contribution is -2.15. The van der Waals surface area contributed by atoms with Crippen LogP contribution in [0.4, 0.5) is 0 Å². The fourth-order valence-electron chi connectivity index (χ4n) is 1.67. The molecule has 0 fully saturated rings. The van der Waals surface area contributed by atoms with Crippen LogP contribution in [0.25, 0.3) is 0 Å². The van der Waals surface area contributed by atoms with E-state index in [4.69, 9.17) is 11.6 Å². The minimum absolute atomic E-state index is 0.548. The number of nitrogens with zero attached hydrogens (tertiary/aromatic N) is 2. The molecule has 0 aromatic carbocycles. The predicted molar refractivity (Wildman–Crippen MR) is 65.3 cm³/mol. The van der Waals surface area contributed by atoms with Crippen LogP contribution in [0.1, 0.15) is 32.2 Å². The summed E-state index contributed by atoms with van der Waals surface area (Å²) >= 11 is 5.98. The molecular weight excluding hydrogens is 208 g/mol. The van der Waals surface area contributed by atoms with Crippen LogP contribution < -0.4 is 0 Å². The summed E-state index contributed by atoms with van der Waals surface area (Å²) in [5.41, 5.74) is 2.47. The van der Waals surface area contributed by atoms with Crippen LogP contribution in [0.3, 0.4) is 0 Å². The first-order valence-electron chi connectivity index (χ1n) is 5.66. The van der Waals surface area contributed by atoms with Gasteiger partial charge in [0.1, 0.15) is 0 Å². The molecule has 15 heavy (non-hydrogen) atoms. The maximum atomic E-state index is 5.98. The second-order valence-electron chi connectivity index (χ2n) is 4.47. The summed E-state index contributed by atoms with van der Waals surface area (Å²) in [4.78, 5) is 0. The maximum Gasteiger partial charge on any atom is 0.0624 e. The van der Waals surface area contributed by atoms with Crippen LogP contribution in [0.5, 0.6) is 0 Å². The average molecular weight is 229 g/mol. The molecule has 0 aliphatic rings. The summed E-state index contributed by atoms with van der Waals surface area (Å²) in [5, 5.41) is 4.45. The van der Waals surface area contributed by atoms with E-state index in [0.717, 1.165) is 18.7 Å². The van der Waals surface area contributed by atoms with Crippen LogP contribution in [-0.4, -0.2) is 15.7 Å². The van der Waals surface area contributed by atoms with Crippen molar-refractivity contribution in [2.45, 2.75) is 33.6 Å². The highest BCUT2D eigenvalue weighted by atomic mass is 35.5. The second-order valence-corrected chi connectivity index (χ2v) is 4.78. The summed E-state index contributed by atoms with van der Waals surface area (Å²) in [6.45, 7) is 6.59. The van der Waals surface area contributed by atoms with Crippen LogP contribution in [-0.2, 0) is 19.9 Å². The third-order valence-corrected chi connectivity index (χ3v) is 3.40. The average Bonchev–Trinajstić information content (AvgIpc) is 2.55. The van der Waals surface area contributed by atoms with E-state index in [-0.39, 0.29) is 0 Å². The molecule has 1 aromatic rings. The lowest BCUT2D eigenvalue weighted by Gasteiger charge is -2.17. The summed E-state index contributed by atoms with van der Waals surface area (Å²) < 4.78 is 1.99. The van der Waals surface area contributed by atoms with Crippen LogP contribution in [0, 0.1) is 11.8 Å². The Morgan fingerprint density at radius 3 is 2.53 bits per heavy atom. The topological polar surface area (TPSA) is 17.8 Å². The van der Waals surface area contributed by atoms with Crippen molar-refractivity contribution in [2.75, 3.05) is 5.88 Å². The molecule has 0 saturated carbocycles. The first-order chi connectivity index (χ1) is 7.08. The van der Waals surface area contributed by atoms with Gasteiger partial charge in [0.15, 0.2) is 0 Å². The van der Waals surface area contributed by atoms with Crippen LogP contribution >= 0.6 is 11.6 Å². The van der Waals surface area contributed by atoms with Crippen molar-refractivity contribution in [2.24, 2.45) is 18.9 Å². The number of alkyl halides is 1. The molecular formula is C12H21ClN2. The molecule has 0 aliphatic carbocycles. The first kappa shape index (κ1) is 12.6. The summed E-state index contributed by atoms with van der Waals surface area (Å²) in [6, 6.07) is 2.20. The summed E-state index contributed by atoms with van der Waals surface area (Å²) in [7, 11) is 2.01. The molecule has 1 unspecified atom stereocenters. The predicted octanol–water partition coefficient (Wildman–Crippen LogP) is 3.04. The molecule has 1 heterocycles. The normalized spacial score (nSPS) is 13.5. The van der Waals surface area contributed by atoms with Gasteiger partial charge < -0.3 is 0 Å². The van der Waals surface area contributed by atoms with Gasteiger partial charge in [0.05, 0.1) is 5.69 Å². The van der Waals surface area contributed by atoms with Crippen molar-refractivity contribution in [3.05, 3.63) is 17.5 Å². The van der Waals surface area contributed by atoms with Gasteiger partial charge in [0.25, 0.3) is 0 Å². The lowest BCUT2D eigenvalue weighted by atomic mass is 9.93. The fourth-order valence-corrected chi connectivity index (χ4v) is 2.14. The molecule has 0 radical (unpaired) electrons. The second kappa shape index (κ2) is 5.55. The minimum Gasteiger partial charge on any atom is -0.272 e. The Bertz CT molecular complexity index is 305. The number of aryl methyl sites for hydroxylation is 2. The van der Waals surface area contributed by atoms with Gasteiger partial charge in [-0.2, -0.15) is 5.10 Å². The van der Waals surface area contributed by atoms with Crippen molar-refractivity contribution in [1.29, 1.82) is 0 Å². The monoisotopic (exact) mass is 228 g/mol. The molecule has 1 atom stereocenters. The van der Waals surface area contributed by atoms with Crippen molar-refractivity contribution < 1.29 is 0 Å². The van der Waals surface area contributed by atoms with Crippen molar-refractivity contribution in [3.63, 3.8) is 0 Å². The Morgan fingerprint density at radius 2 is 2.13 bits per heavy atom. The van der Waals surface area contributed by atoms with E-state index in [0.29, 0.717) is 11.8 Å². The molecule has 0 N–H and O–H groups in total. The molecule has 0 aliphatic heterocycles. The summed E-state index contributed by atoms with van der Waals surface area (Å²) in [5.74, 6) is 1.90. The lowest BCUT2D eigenvalue weighted by molar-refractivity contribution is 0.412. The van der Waals surface area contributed by atoms with E-state index < -0.39 is 0 Å². The van der Waals surface area contributed by atoms with E-state index in [1.807, 2.05) is 11.7 Å². The first-order valence-corrected chi connectivity index (χ1v) is 6.19. The van der Waals surface area contributed by atoms with Crippen molar-refractivity contribution >= 4 is 11.6 Å². The standard InChI is InChI=1S/C12H21ClN2/c1-5-11-7-12(15(4)14-11)6-10(8-13)9(2)3/h7,9-10H,5-6,8H2,1-4H3. The van der Waals surface area contributed by atoms with Crippen LogP contribution in [0.15, 0.2) is 6.07 Å². The highest BCUT2D eigenvalue weighted by Gasteiger charge is 2.15. The SMILES string of the molecule is CCc1cc(CC(CCl)C(C)C)n(C)n1. The highest BCUT2D eigenvalue weighted by molar-refractivity contribution is 6.18. The van der Waals surface area contributed by atoms with Gasteiger partial charge >= 0.3 is 0 Å². The number of halogens is 1. The van der Waals surface area contributed by atoms with Gasteiger partial charge in [-0.25, -0.2) is 0 Å². The van der Waals surface area contributed by atoms with Gasteiger partial charge in [-0.3, -0.25) is 4.68 Å². The number of hydrogen-bond acceptors (Lipinski definition) is 1. The fraction of sp³-hybridized carbons (Fsp3) is 0.750. The molecule has 0 spiro atoms.